The van der Waals surface area contributed by atoms with Gasteiger partial charge in [0, 0.05) is 0 Å². The van der Waals surface area contributed by atoms with Gasteiger partial charge in [-0.2, -0.15) is 0 Å². The lowest BCUT2D eigenvalue weighted by molar-refractivity contribution is 0.660. The Balaban J connectivity index is 2.58. The fraction of sp³-hybridized carbons (Fsp3) is 0.600. The molecule has 0 aliphatic carbocycles. The van der Waals surface area contributed by atoms with Crippen molar-refractivity contribution in [3.8, 4) is 0 Å². The second-order valence-corrected chi connectivity index (χ2v) is 5.82. The second-order valence-electron chi connectivity index (χ2n) is 5.82. The van der Waals surface area contributed by atoms with E-state index in [-0.39, 0.29) is 0 Å². The number of benzene rings is 1. The van der Waals surface area contributed by atoms with E-state index in [1.165, 1.54) is 80.9 Å². The topological polar surface area (TPSA) is 0 Å². The van der Waals surface area contributed by atoms with Crippen LogP contribution in [0, 0.1) is 0 Å². The minimum absolute atomic E-state index is 1.21. The number of aryl methyl sites for hydroxylation is 2. The van der Waals surface area contributed by atoms with Crippen LogP contribution in [0.1, 0.15) is 81.9 Å². The highest BCUT2D eigenvalue weighted by Crippen LogP contribution is 2.21. The Labute approximate surface area is 126 Å². The van der Waals surface area contributed by atoms with Crippen LogP contribution in [0.4, 0.5) is 0 Å². The summed E-state index contributed by atoms with van der Waals surface area (Å²) in [6.07, 6.45) is 15.2. The minimum atomic E-state index is 1.21. The molecule has 0 heteroatoms. The van der Waals surface area contributed by atoms with Gasteiger partial charge in [0.15, 0.2) is 0 Å². The van der Waals surface area contributed by atoms with Crippen molar-refractivity contribution in [1.82, 2.24) is 0 Å². The molecule has 112 valence electrons. The maximum absolute atomic E-state index is 4.04. The summed E-state index contributed by atoms with van der Waals surface area (Å²) < 4.78 is 0. The van der Waals surface area contributed by atoms with Gasteiger partial charge >= 0.3 is 0 Å². The van der Waals surface area contributed by atoms with Gasteiger partial charge in [-0.1, -0.05) is 83.2 Å². The molecule has 0 heterocycles. The molecule has 1 aromatic carbocycles. The van der Waals surface area contributed by atoms with E-state index in [2.05, 4.69) is 44.7 Å². The van der Waals surface area contributed by atoms with Crippen LogP contribution in [0.25, 0.3) is 6.08 Å². The molecule has 1 rings (SSSR count). The molecule has 0 amide bonds. The zero-order chi connectivity index (χ0) is 14.6. The van der Waals surface area contributed by atoms with Gasteiger partial charge in [0.25, 0.3) is 0 Å². The van der Waals surface area contributed by atoms with E-state index >= 15 is 0 Å². The van der Waals surface area contributed by atoms with Gasteiger partial charge < -0.3 is 0 Å². The molecule has 0 bridgehead atoms. The predicted octanol–water partition coefficient (Wildman–Crippen LogP) is 6.58. The smallest absolute Gasteiger partial charge is 0.0198 e. The monoisotopic (exact) mass is 272 g/mol. The lowest BCUT2D eigenvalue weighted by Crippen LogP contribution is -1.97. The average molecular weight is 272 g/mol. The van der Waals surface area contributed by atoms with E-state index in [0.717, 1.165) is 0 Å². The first kappa shape index (κ1) is 17.0. The van der Waals surface area contributed by atoms with Gasteiger partial charge in [0.1, 0.15) is 0 Å². The van der Waals surface area contributed by atoms with Crippen molar-refractivity contribution in [3.05, 3.63) is 41.5 Å². The summed E-state index contributed by atoms with van der Waals surface area (Å²) in [5.41, 5.74) is 4.42. The van der Waals surface area contributed by atoms with E-state index in [1.807, 2.05) is 0 Å². The van der Waals surface area contributed by atoms with Crippen LogP contribution < -0.4 is 0 Å². The van der Waals surface area contributed by atoms with Gasteiger partial charge in [-0.05, 0) is 42.4 Å². The molecule has 0 atom stereocenters. The summed E-state index contributed by atoms with van der Waals surface area (Å²) >= 11 is 0. The summed E-state index contributed by atoms with van der Waals surface area (Å²) in [7, 11) is 0. The van der Waals surface area contributed by atoms with Crippen LogP contribution in [-0.4, -0.2) is 0 Å². The van der Waals surface area contributed by atoms with Crippen molar-refractivity contribution in [2.75, 3.05) is 0 Å². The molecule has 1 aromatic rings. The van der Waals surface area contributed by atoms with E-state index in [1.54, 1.807) is 0 Å². The quantitative estimate of drug-likeness (QED) is 0.399. The Morgan fingerprint density at radius 2 is 1.30 bits per heavy atom. The third-order valence-electron chi connectivity index (χ3n) is 4.09. The molecular weight excluding hydrogens is 240 g/mol. The van der Waals surface area contributed by atoms with Gasteiger partial charge in [0.05, 0.1) is 0 Å². The van der Waals surface area contributed by atoms with Gasteiger partial charge in [0.2, 0.25) is 0 Å². The van der Waals surface area contributed by atoms with Gasteiger partial charge in [-0.15, -0.1) is 0 Å². The third kappa shape index (κ3) is 5.94. The third-order valence-corrected chi connectivity index (χ3v) is 4.09. The maximum Gasteiger partial charge on any atom is -0.0198 e. The highest BCUT2D eigenvalue weighted by Gasteiger charge is 2.05. The Morgan fingerprint density at radius 3 is 1.70 bits per heavy atom. The first-order valence-electron chi connectivity index (χ1n) is 8.56. The van der Waals surface area contributed by atoms with E-state index in [9.17, 15) is 0 Å². The summed E-state index contributed by atoms with van der Waals surface area (Å²) in [6.45, 7) is 8.58. The van der Waals surface area contributed by atoms with Gasteiger partial charge in [-0.3, -0.25) is 0 Å². The van der Waals surface area contributed by atoms with Crippen LogP contribution in [0.5, 0.6) is 0 Å². The SMILES string of the molecule is C=Cc1c(CCCCCC)cccc1CCCCCC. The lowest BCUT2D eigenvalue weighted by atomic mass is 9.93. The van der Waals surface area contributed by atoms with Crippen LogP contribution >= 0.6 is 0 Å². The van der Waals surface area contributed by atoms with Crippen molar-refractivity contribution >= 4 is 6.08 Å². The molecular formula is C20H32. The van der Waals surface area contributed by atoms with E-state index in [4.69, 9.17) is 0 Å². The molecule has 0 spiro atoms. The summed E-state index contributed by atoms with van der Waals surface area (Å²) in [4.78, 5) is 0. The molecule has 0 saturated carbocycles. The van der Waals surface area contributed by atoms with Crippen molar-refractivity contribution in [3.63, 3.8) is 0 Å². The normalized spacial score (nSPS) is 10.7. The predicted molar refractivity (Wildman–Crippen MR) is 92.2 cm³/mol. The number of hydrogen-bond donors (Lipinski definition) is 0. The van der Waals surface area contributed by atoms with Crippen LogP contribution in [0.3, 0.4) is 0 Å². The van der Waals surface area contributed by atoms with E-state index < -0.39 is 0 Å². The highest BCUT2D eigenvalue weighted by molar-refractivity contribution is 5.56. The van der Waals surface area contributed by atoms with Gasteiger partial charge in [-0.25, -0.2) is 0 Å². The first-order chi connectivity index (χ1) is 9.83. The molecule has 0 fully saturated rings. The fourth-order valence-corrected chi connectivity index (χ4v) is 2.85. The van der Waals surface area contributed by atoms with Crippen molar-refractivity contribution < 1.29 is 0 Å². The Morgan fingerprint density at radius 1 is 0.800 bits per heavy atom. The van der Waals surface area contributed by atoms with E-state index in [0.29, 0.717) is 0 Å². The van der Waals surface area contributed by atoms with Crippen molar-refractivity contribution in [2.45, 2.75) is 78.1 Å². The van der Waals surface area contributed by atoms with Crippen LogP contribution in [0.15, 0.2) is 24.8 Å². The standard InChI is InChI=1S/C20H32/c1-4-7-9-11-14-18-16-13-17-19(20(18)6-3)15-12-10-8-5-2/h6,13,16-17H,3-5,7-12,14-15H2,1-2H3. The Kier molecular flexibility index (Phi) is 9.11. The second kappa shape index (κ2) is 10.7. The number of rotatable bonds is 11. The molecule has 0 aliphatic rings. The van der Waals surface area contributed by atoms with Crippen LogP contribution in [-0.2, 0) is 12.8 Å². The minimum Gasteiger partial charge on any atom is -0.0984 e. The molecule has 0 saturated heterocycles. The first-order valence-corrected chi connectivity index (χ1v) is 8.56. The van der Waals surface area contributed by atoms with Crippen molar-refractivity contribution in [2.24, 2.45) is 0 Å². The number of hydrogen-bond acceptors (Lipinski definition) is 0. The zero-order valence-corrected chi connectivity index (χ0v) is 13.6. The lowest BCUT2D eigenvalue weighted by Gasteiger charge is -2.12. The fourth-order valence-electron chi connectivity index (χ4n) is 2.85. The molecule has 0 N–H and O–H groups in total. The summed E-state index contributed by atoms with van der Waals surface area (Å²) in [5, 5.41) is 0. The molecule has 20 heavy (non-hydrogen) atoms. The highest BCUT2D eigenvalue weighted by atomic mass is 14.1. The zero-order valence-electron chi connectivity index (χ0n) is 13.6. The van der Waals surface area contributed by atoms with Crippen LogP contribution in [0.2, 0.25) is 0 Å². The molecule has 0 aliphatic heterocycles. The Hall–Kier alpha value is -1.04. The maximum atomic E-state index is 4.04. The summed E-state index contributed by atoms with van der Waals surface area (Å²) in [5.74, 6) is 0. The molecule has 0 aromatic heterocycles. The average Bonchev–Trinajstić information content (AvgIpc) is 2.48. The molecule has 0 unspecified atom stereocenters. The molecule has 0 nitrogen and oxygen atoms in total. The molecule has 0 radical (unpaired) electrons. The summed E-state index contributed by atoms with van der Waals surface area (Å²) in [6, 6.07) is 6.81. The largest absolute Gasteiger partial charge is 0.0984 e. The number of unbranched alkanes of at least 4 members (excludes halogenated alkanes) is 6. The van der Waals surface area contributed by atoms with Crippen molar-refractivity contribution in [1.29, 1.82) is 0 Å². The Bertz CT molecular complexity index is 345.